The monoisotopic (exact) mass is 255 g/mol. The number of nitrogens with one attached hydrogen (secondary N) is 1. The highest BCUT2D eigenvalue weighted by Gasteiger charge is 2.13. The molecule has 0 saturated carbocycles. The Morgan fingerprint density at radius 3 is 2.94 bits per heavy atom. The van der Waals surface area contributed by atoms with Crippen molar-refractivity contribution < 1.29 is 9.90 Å². The summed E-state index contributed by atoms with van der Waals surface area (Å²) in [5.74, 6) is -0.982. The molecule has 5 nitrogen and oxygen atoms in total. The van der Waals surface area contributed by atoms with E-state index < -0.39 is 12.0 Å². The predicted molar refractivity (Wildman–Crippen MR) is 67.4 cm³/mol. The number of nitrogens with two attached hydrogens (primary N) is 1. The third kappa shape index (κ3) is 2.75. The molecule has 92 valence electrons. The van der Waals surface area contributed by atoms with Crippen molar-refractivity contribution in [1.82, 2.24) is 10.2 Å². The first-order valence-corrected chi connectivity index (χ1v) is 4.99. The molecule has 2 rings (SSSR count). The van der Waals surface area contributed by atoms with Crippen LogP contribution in [0.15, 0.2) is 18.3 Å². The van der Waals surface area contributed by atoms with Gasteiger partial charge in [-0.3, -0.25) is 9.89 Å². The molecule has 0 aliphatic rings. The number of benzene rings is 1. The number of fused-ring (bicyclic) bond motifs is 1. The van der Waals surface area contributed by atoms with Crippen LogP contribution in [0, 0.1) is 6.92 Å². The maximum atomic E-state index is 10.7. The number of carbonyl (C=O) groups is 1. The molecule has 6 heteroatoms. The van der Waals surface area contributed by atoms with Gasteiger partial charge in [-0.1, -0.05) is 6.07 Å². The molecule has 1 atom stereocenters. The molecule has 0 radical (unpaired) electrons. The summed E-state index contributed by atoms with van der Waals surface area (Å²) in [6.45, 7) is 1.95. The average Bonchev–Trinajstić information content (AvgIpc) is 2.65. The van der Waals surface area contributed by atoms with Crippen LogP contribution in [-0.4, -0.2) is 27.3 Å². The van der Waals surface area contributed by atoms with E-state index in [-0.39, 0.29) is 12.4 Å². The summed E-state index contributed by atoms with van der Waals surface area (Å²) in [5, 5.41) is 16.6. The highest BCUT2D eigenvalue weighted by atomic mass is 35.5. The molecule has 0 aliphatic heterocycles. The first-order valence-electron chi connectivity index (χ1n) is 4.99. The SMILES string of the molecule is Cc1cc(CC(N)C(=O)O)cc2cn[nH]c12.Cl. The largest absolute Gasteiger partial charge is 0.480 e. The first kappa shape index (κ1) is 13.5. The fourth-order valence-electron chi connectivity index (χ4n) is 1.77. The van der Waals surface area contributed by atoms with Crippen LogP contribution in [0.3, 0.4) is 0 Å². The van der Waals surface area contributed by atoms with Crippen LogP contribution in [0.4, 0.5) is 0 Å². The highest BCUT2D eigenvalue weighted by molar-refractivity contribution is 5.85. The number of aryl methyl sites for hydroxylation is 1. The Bertz CT molecular complexity index is 538. The molecule has 0 amide bonds. The number of hydrogen-bond donors (Lipinski definition) is 3. The zero-order valence-corrected chi connectivity index (χ0v) is 10.1. The van der Waals surface area contributed by atoms with E-state index in [0.717, 1.165) is 22.0 Å². The van der Waals surface area contributed by atoms with Gasteiger partial charge in [-0.2, -0.15) is 5.10 Å². The molecule has 1 heterocycles. The van der Waals surface area contributed by atoms with E-state index in [1.807, 2.05) is 19.1 Å². The number of halogens is 1. The molecule has 0 spiro atoms. The highest BCUT2D eigenvalue weighted by Crippen LogP contribution is 2.18. The summed E-state index contributed by atoms with van der Waals surface area (Å²) in [6, 6.07) is 2.99. The van der Waals surface area contributed by atoms with Gasteiger partial charge in [-0.05, 0) is 30.5 Å². The zero-order valence-electron chi connectivity index (χ0n) is 9.30. The number of rotatable bonds is 3. The van der Waals surface area contributed by atoms with Crippen LogP contribution in [0.5, 0.6) is 0 Å². The second-order valence-electron chi connectivity index (χ2n) is 3.90. The van der Waals surface area contributed by atoms with E-state index >= 15 is 0 Å². The van der Waals surface area contributed by atoms with Gasteiger partial charge in [0.15, 0.2) is 0 Å². The molecule has 0 saturated heterocycles. The van der Waals surface area contributed by atoms with Gasteiger partial charge in [0.1, 0.15) is 6.04 Å². The van der Waals surface area contributed by atoms with Crippen molar-refractivity contribution in [2.24, 2.45) is 5.73 Å². The Morgan fingerprint density at radius 2 is 2.29 bits per heavy atom. The minimum absolute atomic E-state index is 0. The molecular weight excluding hydrogens is 242 g/mol. The lowest BCUT2D eigenvalue weighted by Gasteiger charge is -2.07. The van der Waals surface area contributed by atoms with Crippen LogP contribution < -0.4 is 5.73 Å². The van der Waals surface area contributed by atoms with Gasteiger partial charge >= 0.3 is 5.97 Å². The second-order valence-corrected chi connectivity index (χ2v) is 3.90. The number of carboxylic acids is 1. The predicted octanol–water partition coefficient (Wildman–Crippen LogP) is 1.25. The molecule has 17 heavy (non-hydrogen) atoms. The quantitative estimate of drug-likeness (QED) is 0.770. The third-order valence-electron chi connectivity index (χ3n) is 2.58. The maximum absolute atomic E-state index is 10.7. The summed E-state index contributed by atoms with van der Waals surface area (Å²) in [7, 11) is 0. The van der Waals surface area contributed by atoms with E-state index in [4.69, 9.17) is 10.8 Å². The zero-order chi connectivity index (χ0) is 11.7. The first-order chi connectivity index (χ1) is 7.58. The fourth-order valence-corrected chi connectivity index (χ4v) is 1.77. The number of carboxylic acid groups (broad SMARTS) is 1. The minimum Gasteiger partial charge on any atom is -0.480 e. The van der Waals surface area contributed by atoms with Crippen molar-refractivity contribution in [2.75, 3.05) is 0 Å². The Morgan fingerprint density at radius 1 is 1.59 bits per heavy atom. The summed E-state index contributed by atoms with van der Waals surface area (Å²) >= 11 is 0. The van der Waals surface area contributed by atoms with E-state index in [9.17, 15) is 4.79 Å². The van der Waals surface area contributed by atoms with Crippen LogP contribution in [0.25, 0.3) is 10.9 Å². The van der Waals surface area contributed by atoms with Crippen molar-refractivity contribution in [3.05, 3.63) is 29.5 Å². The normalized spacial score (nSPS) is 12.1. The van der Waals surface area contributed by atoms with Crippen LogP contribution in [0.1, 0.15) is 11.1 Å². The topological polar surface area (TPSA) is 92.0 Å². The molecule has 0 aliphatic carbocycles. The smallest absolute Gasteiger partial charge is 0.320 e. The molecule has 1 aromatic carbocycles. The van der Waals surface area contributed by atoms with Gasteiger partial charge < -0.3 is 10.8 Å². The van der Waals surface area contributed by atoms with Gasteiger partial charge in [0.25, 0.3) is 0 Å². The molecule has 2 aromatic rings. The lowest BCUT2D eigenvalue weighted by molar-refractivity contribution is -0.138. The fraction of sp³-hybridized carbons (Fsp3) is 0.273. The third-order valence-corrected chi connectivity index (χ3v) is 2.58. The number of nitrogens with zero attached hydrogens (tertiary/aromatic N) is 1. The Kier molecular flexibility index (Phi) is 4.09. The van der Waals surface area contributed by atoms with Crippen LogP contribution in [-0.2, 0) is 11.2 Å². The van der Waals surface area contributed by atoms with Gasteiger partial charge in [0.05, 0.1) is 11.7 Å². The standard InChI is InChI=1S/C11H13N3O2.ClH/c1-6-2-7(4-9(12)11(15)16)3-8-5-13-14-10(6)8;/h2-3,5,9H,4,12H2,1H3,(H,13,14)(H,15,16);1H. The summed E-state index contributed by atoms with van der Waals surface area (Å²) in [4.78, 5) is 10.7. The lowest BCUT2D eigenvalue weighted by Crippen LogP contribution is -2.32. The van der Waals surface area contributed by atoms with E-state index in [1.165, 1.54) is 0 Å². The molecule has 4 N–H and O–H groups in total. The lowest BCUT2D eigenvalue weighted by atomic mass is 10.0. The van der Waals surface area contributed by atoms with Gasteiger partial charge in [-0.15, -0.1) is 12.4 Å². The Hall–Kier alpha value is -1.59. The number of aromatic nitrogens is 2. The maximum Gasteiger partial charge on any atom is 0.320 e. The van der Waals surface area contributed by atoms with Crippen molar-refractivity contribution in [2.45, 2.75) is 19.4 Å². The molecular formula is C11H14ClN3O2. The molecule has 0 bridgehead atoms. The van der Waals surface area contributed by atoms with Crippen molar-refractivity contribution in [3.63, 3.8) is 0 Å². The number of aliphatic carboxylic acids is 1. The number of H-pyrrole nitrogens is 1. The van der Waals surface area contributed by atoms with E-state index in [0.29, 0.717) is 6.42 Å². The average molecular weight is 256 g/mol. The van der Waals surface area contributed by atoms with Crippen molar-refractivity contribution in [3.8, 4) is 0 Å². The van der Waals surface area contributed by atoms with Crippen molar-refractivity contribution >= 4 is 29.3 Å². The van der Waals surface area contributed by atoms with Crippen LogP contribution in [0.2, 0.25) is 0 Å². The van der Waals surface area contributed by atoms with Gasteiger partial charge in [0.2, 0.25) is 0 Å². The number of hydrogen-bond acceptors (Lipinski definition) is 3. The Balaban J connectivity index is 0.00000144. The number of aromatic amines is 1. The minimum atomic E-state index is -0.982. The second kappa shape index (κ2) is 5.16. The molecule has 1 aromatic heterocycles. The van der Waals surface area contributed by atoms with Gasteiger partial charge in [-0.25, -0.2) is 0 Å². The summed E-state index contributed by atoms with van der Waals surface area (Å²) < 4.78 is 0. The van der Waals surface area contributed by atoms with Crippen LogP contribution >= 0.6 is 12.4 Å². The van der Waals surface area contributed by atoms with E-state index in [2.05, 4.69) is 10.2 Å². The van der Waals surface area contributed by atoms with E-state index in [1.54, 1.807) is 6.20 Å². The van der Waals surface area contributed by atoms with Gasteiger partial charge in [0, 0.05) is 5.39 Å². The van der Waals surface area contributed by atoms with Crippen molar-refractivity contribution in [1.29, 1.82) is 0 Å². The molecule has 0 fully saturated rings. The summed E-state index contributed by atoms with van der Waals surface area (Å²) in [6.07, 6.45) is 2.05. The Labute approximate surface area is 104 Å². The summed E-state index contributed by atoms with van der Waals surface area (Å²) in [5.41, 5.74) is 8.44. The molecule has 1 unspecified atom stereocenters.